The summed E-state index contributed by atoms with van der Waals surface area (Å²) < 4.78 is 0. The van der Waals surface area contributed by atoms with E-state index in [1.54, 1.807) is 18.7 Å². The van der Waals surface area contributed by atoms with Gasteiger partial charge in [-0.3, -0.25) is 35.0 Å². The zero-order valence-corrected chi connectivity index (χ0v) is 46.0. The van der Waals surface area contributed by atoms with Gasteiger partial charge in [0.05, 0.1) is 17.1 Å². The fourth-order valence-electron chi connectivity index (χ4n) is 5.66. The SMILES string of the molecule is Cc1cc(C)[nH]n1.Cc1cc(C)ncn1.Cc1ccc(C)cc1.Cc1ccc(C)nc1.Cc1cccc(C)c1.Cc1cccc(C)n1.Cc1ccnc(C)c1.Cc1cnc(C)cn1.Cc1cncc(C)c1. The van der Waals surface area contributed by atoms with Crippen LogP contribution in [0.15, 0.2) is 153 Å². The third kappa shape index (κ3) is 34.4. The molecule has 1 N–H and O–H groups in total. The van der Waals surface area contributed by atoms with Crippen LogP contribution in [0, 0.1) is 125 Å². The minimum atomic E-state index is 0.968. The molecule has 0 aliphatic carbocycles. The highest BCUT2D eigenvalue weighted by Gasteiger charge is 1.88. The van der Waals surface area contributed by atoms with Gasteiger partial charge in [0.1, 0.15) is 6.33 Å². The second kappa shape index (κ2) is 35.5. The minimum absolute atomic E-state index is 0.968. The lowest BCUT2D eigenvalue weighted by Crippen LogP contribution is -1.84. The maximum atomic E-state index is 4.17. The molecule has 7 heterocycles. The van der Waals surface area contributed by atoms with E-state index >= 15 is 0 Å². The highest BCUT2D eigenvalue weighted by Crippen LogP contribution is 2.02. The number of rotatable bonds is 0. The Kier molecular flexibility index (Phi) is 30.7. The van der Waals surface area contributed by atoms with E-state index in [4.69, 9.17) is 0 Å². The van der Waals surface area contributed by atoms with Gasteiger partial charge in [-0.2, -0.15) is 5.10 Å². The number of hydrogen-bond donors (Lipinski definition) is 1. The number of nitrogens with zero attached hydrogens (tertiary/aromatic N) is 9. The molecule has 0 atom stereocenters. The number of aromatic nitrogens is 10. The van der Waals surface area contributed by atoms with Crippen molar-refractivity contribution in [2.75, 3.05) is 0 Å². The molecule has 0 bridgehead atoms. The molecule has 2 aromatic carbocycles. The van der Waals surface area contributed by atoms with Crippen LogP contribution >= 0.6 is 0 Å². The molecule has 10 heteroatoms. The quantitative estimate of drug-likeness (QED) is 0.158. The van der Waals surface area contributed by atoms with Gasteiger partial charge < -0.3 is 0 Å². The van der Waals surface area contributed by atoms with Gasteiger partial charge in [-0.15, -0.1) is 0 Å². The standard InChI is InChI=1S/2C8H10.4C7H9N.2C6H8N2.C5H8N2/c1-7-3-5-8(2)6-4-7;1-7-4-3-5-8(2)6-7;1-6-3-7(2)5-8-4-6;1-6-3-4-8-7(2)5-6;1-6-3-4-7(2)8-5-6;1-6-4-3-5-7(2)8-6;1-5-3-8-6(2)4-7-5;1-5-3-6(2)8-4-7-5;1-4-3-5(2)7-6-4/h2*3-6H,1-2H3;4*3-5H,1-2H3;2*3-4H,1-2H3;3H,1-2H3,(H,6,7). The van der Waals surface area contributed by atoms with Gasteiger partial charge in [-0.1, -0.05) is 89.0 Å². The normalized spacial score (nSPS) is 9.27. The maximum Gasteiger partial charge on any atom is 0.115 e. The summed E-state index contributed by atoms with van der Waals surface area (Å²) in [5.41, 5.74) is 20.8. The Bertz CT molecular complexity index is 2260. The summed E-state index contributed by atoms with van der Waals surface area (Å²) in [6.07, 6.45) is 12.5. The van der Waals surface area contributed by atoms with Crippen LogP contribution < -0.4 is 0 Å². The number of aryl methyl sites for hydroxylation is 18. The van der Waals surface area contributed by atoms with Crippen molar-refractivity contribution >= 4 is 0 Å². The van der Waals surface area contributed by atoms with Crippen LogP contribution in [0.1, 0.15) is 101 Å². The molecular weight excluding hydrogens is 873 g/mol. The lowest BCUT2D eigenvalue weighted by Gasteiger charge is -1.90. The van der Waals surface area contributed by atoms with Crippen LogP contribution in [0.2, 0.25) is 0 Å². The van der Waals surface area contributed by atoms with Crippen molar-refractivity contribution in [3.05, 3.63) is 254 Å². The fraction of sp³-hybridized carbons (Fsp3) is 0.295. The second-order valence-corrected chi connectivity index (χ2v) is 17.5. The molecule has 0 radical (unpaired) electrons. The Balaban J connectivity index is 0.000000399. The van der Waals surface area contributed by atoms with Gasteiger partial charge in [0.2, 0.25) is 0 Å². The van der Waals surface area contributed by atoms with E-state index in [9.17, 15) is 0 Å². The average Bonchev–Trinajstić information content (AvgIpc) is 3.69. The van der Waals surface area contributed by atoms with E-state index in [0.29, 0.717) is 0 Å². The Morgan fingerprint density at radius 3 is 1.00 bits per heavy atom. The van der Waals surface area contributed by atoms with Crippen LogP contribution in [0.25, 0.3) is 0 Å². The van der Waals surface area contributed by atoms with E-state index in [-0.39, 0.29) is 0 Å². The Morgan fingerprint density at radius 1 is 0.282 bits per heavy atom. The lowest BCUT2D eigenvalue weighted by molar-refractivity contribution is 1.02. The summed E-state index contributed by atoms with van der Waals surface area (Å²) in [4.78, 5) is 32.2. The van der Waals surface area contributed by atoms with E-state index in [1.165, 1.54) is 44.5 Å². The van der Waals surface area contributed by atoms with Crippen molar-refractivity contribution in [2.24, 2.45) is 0 Å². The molecule has 374 valence electrons. The van der Waals surface area contributed by atoms with Crippen molar-refractivity contribution < 1.29 is 0 Å². The van der Waals surface area contributed by atoms with Crippen molar-refractivity contribution in [1.82, 2.24) is 50.1 Å². The van der Waals surface area contributed by atoms with E-state index in [0.717, 1.165) is 56.9 Å². The first-order chi connectivity index (χ1) is 33.6. The monoisotopic (exact) mass is 953 g/mol. The highest BCUT2D eigenvalue weighted by atomic mass is 15.1. The molecule has 0 spiro atoms. The molecule has 7 aromatic heterocycles. The first-order valence-electron chi connectivity index (χ1n) is 23.7. The van der Waals surface area contributed by atoms with Gasteiger partial charge in [-0.05, 0) is 189 Å². The summed E-state index contributed by atoms with van der Waals surface area (Å²) >= 11 is 0. The third-order valence-electron chi connectivity index (χ3n) is 9.23. The van der Waals surface area contributed by atoms with E-state index in [2.05, 4.69) is 151 Å². The second-order valence-electron chi connectivity index (χ2n) is 17.5. The van der Waals surface area contributed by atoms with E-state index < -0.39 is 0 Å². The maximum absolute atomic E-state index is 4.17. The smallest absolute Gasteiger partial charge is 0.115 e. The number of nitrogens with one attached hydrogen (secondary N) is 1. The van der Waals surface area contributed by atoms with E-state index in [1.807, 2.05) is 157 Å². The zero-order chi connectivity index (χ0) is 53.1. The van der Waals surface area contributed by atoms with Crippen molar-refractivity contribution in [3.8, 4) is 0 Å². The number of benzene rings is 2. The topological polar surface area (TPSA) is 132 Å². The molecule has 0 fully saturated rings. The predicted octanol–water partition coefficient (Wildman–Crippen LogP) is 14.6. The highest BCUT2D eigenvalue weighted by molar-refractivity contribution is 5.21. The number of pyridine rings is 4. The molecule has 9 aromatic rings. The molecule has 0 amide bonds. The summed E-state index contributed by atoms with van der Waals surface area (Å²) in [6, 6.07) is 37.1. The van der Waals surface area contributed by atoms with Crippen LogP contribution in [-0.4, -0.2) is 50.1 Å². The largest absolute Gasteiger partial charge is 0.283 e. The molecule has 0 aliphatic rings. The lowest BCUT2D eigenvalue weighted by atomic mass is 10.2. The molecule has 0 saturated heterocycles. The number of H-pyrrole nitrogens is 1. The van der Waals surface area contributed by atoms with Gasteiger partial charge in [0, 0.05) is 77.0 Å². The zero-order valence-electron chi connectivity index (χ0n) is 46.0. The molecule has 0 saturated carbocycles. The Labute approximate surface area is 427 Å². The first-order valence-corrected chi connectivity index (χ1v) is 23.7. The summed E-state index contributed by atoms with van der Waals surface area (Å²) in [6.45, 7) is 36.2. The molecule has 71 heavy (non-hydrogen) atoms. The average molecular weight is 953 g/mol. The summed E-state index contributed by atoms with van der Waals surface area (Å²) in [5.74, 6) is 0. The first kappa shape index (κ1) is 61.4. The third-order valence-corrected chi connectivity index (χ3v) is 9.23. The van der Waals surface area contributed by atoms with Gasteiger partial charge >= 0.3 is 0 Å². The number of hydrogen-bond acceptors (Lipinski definition) is 9. The minimum Gasteiger partial charge on any atom is -0.283 e. The van der Waals surface area contributed by atoms with Crippen LogP contribution in [-0.2, 0) is 0 Å². The van der Waals surface area contributed by atoms with Gasteiger partial charge in [0.25, 0.3) is 0 Å². The van der Waals surface area contributed by atoms with Crippen molar-refractivity contribution in [1.29, 1.82) is 0 Å². The van der Waals surface area contributed by atoms with Crippen LogP contribution in [0.3, 0.4) is 0 Å². The van der Waals surface area contributed by atoms with Gasteiger partial charge in [0.15, 0.2) is 0 Å². The molecule has 0 aliphatic heterocycles. The molecule has 10 nitrogen and oxygen atoms in total. The van der Waals surface area contributed by atoms with Crippen molar-refractivity contribution in [3.63, 3.8) is 0 Å². The Hall–Kier alpha value is -7.59. The summed E-state index contributed by atoms with van der Waals surface area (Å²) in [5, 5.41) is 6.71. The molecule has 0 unspecified atom stereocenters. The molecular formula is C61H80N10. The molecule has 9 rings (SSSR count). The predicted molar refractivity (Wildman–Crippen MR) is 298 cm³/mol. The van der Waals surface area contributed by atoms with Crippen LogP contribution in [0.5, 0.6) is 0 Å². The van der Waals surface area contributed by atoms with Crippen LogP contribution in [0.4, 0.5) is 0 Å². The van der Waals surface area contributed by atoms with Gasteiger partial charge in [-0.25, -0.2) is 9.97 Å². The number of aromatic amines is 1. The summed E-state index contributed by atoms with van der Waals surface area (Å²) in [7, 11) is 0. The van der Waals surface area contributed by atoms with Crippen molar-refractivity contribution in [2.45, 2.75) is 125 Å². The Morgan fingerprint density at radius 2 is 0.732 bits per heavy atom. The fourth-order valence-corrected chi connectivity index (χ4v) is 5.66.